The van der Waals surface area contributed by atoms with E-state index < -0.39 is 11.7 Å². The molecule has 0 amide bonds. The number of nitrogens with one attached hydrogen (secondary N) is 1. The van der Waals surface area contributed by atoms with Gasteiger partial charge in [0, 0.05) is 10.2 Å². The number of benzene rings is 2. The lowest BCUT2D eigenvalue weighted by atomic mass is 10.0. The van der Waals surface area contributed by atoms with Gasteiger partial charge in [0.1, 0.15) is 0 Å². The zero-order chi connectivity index (χ0) is 15.5. The van der Waals surface area contributed by atoms with Crippen molar-refractivity contribution in [1.82, 2.24) is 0 Å². The number of rotatable bonds is 4. The number of alkyl halides is 3. The molecule has 1 N–H and O–H groups in total. The predicted molar refractivity (Wildman–Crippen MR) is 82.2 cm³/mol. The largest absolute Gasteiger partial charge is 0.418 e. The minimum absolute atomic E-state index is 0.0904. The van der Waals surface area contributed by atoms with Gasteiger partial charge in [-0.2, -0.15) is 13.2 Å². The normalized spacial score (nSPS) is 13.0. The van der Waals surface area contributed by atoms with Crippen LogP contribution in [0.5, 0.6) is 0 Å². The van der Waals surface area contributed by atoms with Crippen LogP contribution in [0, 0.1) is 0 Å². The highest BCUT2D eigenvalue weighted by Crippen LogP contribution is 2.38. The first-order valence-electron chi connectivity index (χ1n) is 6.60. The van der Waals surface area contributed by atoms with E-state index in [9.17, 15) is 13.2 Å². The molecule has 5 heteroatoms. The molecule has 0 radical (unpaired) electrons. The molecule has 0 aliphatic rings. The van der Waals surface area contributed by atoms with Crippen LogP contribution in [0.2, 0.25) is 0 Å². The molecule has 0 aliphatic carbocycles. The molecule has 1 nitrogen and oxygen atoms in total. The molecule has 0 spiro atoms. The Morgan fingerprint density at radius 3 is 2.33 bits per heavy atom. The highest BCUT2D eigenvalue weighted by molar-refractivity contribution is 9.10. The summed E-state index contributed by atoms with van der Waals surface area (Å²) >= 11 is 3.22. The number of anilines is 1. The molecule has 1 atom stereocenters. The van der Waals surface area contributed by atoms with Crippen molar-refractivity contribution in [3.63, 3.8) is 0 Å². The van der Waals surface area contributed by atoms with Gasteiger partial charge in [-0.25, -0.2) is 0 Å². The van der Waals surface area contributed by atoms with Crippen molar-refractivity contribution in [2.75, 3.05) is 5.32 Å². The van der Waals surface area contributed by atoms with Crippen LogP contribution in [0.4, 0.5) is 18.9 Å². The van der Waals surface area contributed by atoms with Gasteiger partial charge in [0.15, 0.2) is 0 Å². The predicted octanol–water partition coefficient (Wildman–Crippen LogP) is 6.03. The third-order valence-corrected chi connectivity index (χ3v) is 3.72. The van der Waals surface area contributed by atoms with Crippen LogP contribution in [0.15, 0.2) is 53.0 Å². The smallest absolute Gasteiger partial charge is 0.378 e. The van der Waals surface area contributed by atoms with Gasteiger partial charge in [0.05, 0.1) is 11.6 Å². The zero-order valence-corrected chi connectivity index (χ0v) is 13.0. The summed E-state index contributed by atoms with van der Waals surface area (Å²) < 4.78 is 39.9. The Hall–Kier alpha value is -1.49. The zero-order valence-electron chi connectivity index (χ0n) is 11.4. The SMILES string of the molecule is CCC(Nc1cc(Br)ccc1C(F)(F)F)c1ccccc1. The molecule has 0 saturated carbocycles. The maximum atomic E-state index is 13.1. The van der Waals surface area contributed by atoms with Gasteiger partial charge in [0.2, 0.25) is 0 Å². The summed E-state index contributed by atoms with van der Waals surface area (Å²) in [5.41, 5.74) is 0.403. The van der Waals surface area contributed by atoms with Gasteiger partial charge in [-0.1, -0.05) is 53.2 Å². The number of hydrogen-bond acceptors (Lipinski definition) is 1. The van der Waals surface area contributed by atoms with Crippen LogP contribution in [0.3, 0.4) is 0 Å². The second-order valence-electron chi connectivity index (χ2n) is 4.70. The molecule has 0 saturated heterocycles. The summed E-state index contributed by atoms with van der Waals surface area (Å²) in [6.07, 6.45) is -3.69. The van der Waals surface area contributed by atoms with Crippen LogP contribution in [-0.2, 0) is 6.18 Å². The summed E-state index contributed by atoms with van der Waals surface area (Å²) in [6.45, 7) is 1.94. The first kappa shape index (κ1) is 15.9. The minimum Gasteiger partial charge on any atom is -0.378 e. The molecule has 1 unspecified atom stereocenters. The fraction of sp³-hybridized carbons (Fsp3) is 0.250. The fourth-order valence-corrected chi connectivity index (χ4v) is 2.54. The molecule has 0 fully saturated rings. The Kier molecular flexibility index (Phi) is 4.93. The van der Waals surface area contributed by atoms with E-state index in [0.29, 0.717) is 10.9 Å². The van der Waals surface area contributed by atoms with Crippen molar-refractivity contribution in [2.45, 2.75) is 25.6 Å². The summed E-state index contributed by atoms with van der Waals surface area (Å²) in [5.74, 6) is 0. The molecule has 0 aliphatic heterocycles. The van der Waals surface area contributed by atoms with Crippen molar-refractivity contribution >= 4 is 21.6 Å². The first-order chi connectivity index (χ1) is 9.91. The van der Waals surface area contributed by atoms with Gasteiger partial charge in [-0.15, -0.1) is 0 Å². The second kappa shape index (κ2) is 6.52. The first-order valence-corrected chi connectivity index (χ1v) is 7.39. The third-order valence-electron chi connectivity index (χ3n) is 3.23. The highest BCUT2D eigenvalue weighted by atomic mass is 79.9. The van der Waals surface area contributed by atoms with E-state index in [0.717, 1.165) is 11.6 Å². The summed E-state index contributed by atoms with van der Waals surface area (Å²) in [4.78, 5) is 0. The average Bonchev–Trinajstić information content (AvgIpc) is 2.44. The van der Waals surface area contributed by atoms with E-state index >= 15 is 0 Å². The molecule has 2 aromatic carbocycles. The minimum atomic E-state index is -4.38. The lowest BCUT2D eigenvalue weighted by Crippen LogP contribution is -2.15. The van der Waals surface area contributed by atoms with E-state index in [2.05, 4.69) is 21.2 Å². The van der Waals surface area contributed by atoms with Crippen molar-refractivity contribution in [3.8, 4) is 0 Å². The van der Waals surface area contributed by atoms with Gasteiger partial charge in [-0.3, -0.25) is 0 Å². The van der Waals surface area contributed by atoms with Crippen LogP contribution >= 0.6 is 15.9 Å². The van der Waals surface area contributed by atoms with Crippen LogP contribution in [-0.4, -0.2) is 0 Å². The lowest BCUT2D eigenvalue weighted by molar-refractivity contribution is -0.137. The van der Waals surface area contributed by atoms with E-state index in [1.165, 1.54) is 12.1 Å². The van der Waals surface area contributed by atoms with Crippen LogP contribution in [0.1, 0.15) is 30.5 Å². The Morgan fingerprint density at radius 2 is 1.76 bits per heavy atom. The average molecular weight is 358 g/mol. The Morgan fingerprint density at radius 1 is 1.10 bits per heavy atom. The Bertz CT molecular complexity index is 596. The molecule has 0 bridgehead atoms. The summed E-state index contributed by atoms with van der Waals surface area (Å²) in [5, 5.41) is 3.01. The van der Waals surface area contributed by atoms with Crippen LogP contribution in [0.25, 0.3) is 0 Å². The molecule has 0 heterocycles. The third kappa shape index (κ3) is 4.00. The molecule has 2 aromatic rings. The van der Waals surface area contributed by atoms with Crippen molar-refractivity contribution in [3.05, 3.63) is 64.1 Å². The Balaban J connectivity index is 2.35. The quantitative estimate of drug-likeness (QED) is 0.704. The topological polar surface area (TPSA) is 12.0 Å². The molecule has 2 rings (SSSR count). The number of halogens is 4. The molecular weight excluding hydrogens is 343 g/mol. The van der Waals surface area contributed by atoms with E-state index in [4.69, 9.17) is 0 Å². The van der Waals surface area contributed by atoms with E-state index in [1.54, 1.807) is 0 Å². The van der Waals surface area contributed by atoms with Crippen LogP contribution < -0.4 is 5.32 Å². The monoisotopic (exact) mass is 357 g/mol. The number of hydrogen-bond donors (Lipinski definition) is 1. The van der Waals surface area contributed by atoms with Gasteiger partial charge in [0.25, 0.3) is 0 Å². The molecule has 0 aromatic heterocycles. The standard InChI is InChI=1S/C16H15BrF3N/c1-2-14(11-6-4-3-5-7-11)21-15-10-12(17)8-9-13(15)16(18,19)20/h3-10,14,21H,2H2,1H3. The van der Waals surface area contributed by atoms with Gasteiger partial charge >= 0.3 is 6.18 Å². The molecular formula is C16H15BrF3N. The van der Waals surface area contributed by atoms with Crippen molar-refractivity contribution < 1.29 is 13.2 Å². The molecule has 21 heavy (non-hydrogen) atoms. The molecule has 112 valence electrons. The van der Waals surface area contributed by atoms with Crippen molar-refractivity contribution in [2.24, 2.45) is 0 Å². The van der Waals surface area contributed by atoms with Gasteiger partial charge < -0.3 is 5.32 Å². The summed E-state index contributed by atoms with van der Waals surface area (Å²) in [7, 11) is 0. The van der Waals surface area contributed by atoms with E-state index in [-0.39, 0.29) is 11.7 Å². The fourth-order valence-electron chi connectivity index (χ4n) is 2.18. The summed E-state index contributed by atoms with van der Waals surface area (Å²) in [6, 6.07) is 13.3. The lowest BCUT2D eigenvalue weighted by Gasteiger charge is -2.22. The second-order valence-corrected chi connectivity index (χ2v) is 5.62. The maximum absolute atomic E-state index is 13.1. The van der Waals surface area contributed by atoms with Gasteiger partial charge in [-0.05, 0) is 30.2 Å². The Labute approximate surface area is 130 Å². The van der Waals surface area contributed by atoms with Crippen molar-refractivity contribution in [1.29, 1.82) is 0 Å². The van der Waals surface area contributed by atoms with E-state index in [1.807, 2.05) is 37.3 Å². The highest BCUT2D eigenvalue weighted by Gasteiger charge is 2.34. The maximum Gasteiger partial charge on any atom is 0.418 e.